The van der Waals surface area contributed by atoms with Crippen molar-refractivity contribution in [2.75, 3.05) is 38.2 Å². The lowest BCUT2D eigenvalue weighted by Gasteiger charge is -2.40. The maximum Gasteiger partial charge on any atom is 0.173 e. The molecule has 4 aromatic rings. The maximum absolute atomic E-state index is 13.4. The Morgan fingerprint density at radius 1 is 0.886 bits per heavy atom. The van der Waals surface area contributed by atoms with Crippen LogP contribution in [0.25, 0.3) is 0 Å². The van der Waals surface area contributed by atoms with E-state index in [1.54, 1.807) is 7.11 Å². The SMILES string of the molecule is COc1ccccc1[C@H](c1nnnn1CCc1ccccc1)N1CCN(c2ccc(F)cc2)CC1. The van der Waals surface area contributed by atoms with Gasteiger partial charge in [0.1, 0.15) is 17.6 Å². The van der Waals surface area contributed by atoms with E-state index in [1.165, 1.54) is 17.7 Å². The Balaban J connectivity index is 1.41. The molecule has 0 amide bonds. The second-order valence-corrected chi connectivity index (χ2v) is 8.64. The molecule has 0 N–H and O–H groups in total. The summed E-state index contributed by atoms with van der Waals surface area (Å²) in [5.74, 6) is 1.41. The summed E-state index contributed by atoms with van der Waals surface area (Å²) < 4.78 is 21.0. The minimum absolute atomic E-state index is 0.146. The lowest BCUT2D eigenvalue weighted by molar-refractivity contribution is 0.197. The smallest absolute Gasteiger partial charge is 0.173 e. The number of benzene rings is 3. The summed E-state index contributed by atoms with van der Waals surface area (Å²) in [6.07, 6.45) is 0.843. The summed E-state index contributed by atoms with van der Waals surface area (Å²) in [5, 5.41) is 12.9. The van der Waals surface area contributed by atoms with Crippen molar-refractivity contribution >= 4 is 5.69 Å². The van der Waals surface area contributed by atoms with Gasteiger partial charge in [-0.05, 0) is 52.7 Å². The van der Waals surface area contributed by atoms with E-state index in [0.717, 1.165) is 55.4 Å². The number of hydrogen-bond donors (Lipinski definition) is 0. The molecule has 2 heterocycles. The molecule has 0 spiro atoms. The first-order chi connectivity index (χ1) is 17.2. The Morgan fingerprint density at radius 2 is 1.60 bits per heavy atom. The molecule has 1 aliphatic rings. The molecule has 0 aliphatic carbocycles. The Bertz CT molecular complexity index is 1220. The number of halogens is 1. The van der Waals surface area contributed by atoms with Gasteiger partial charge in [0.25, 0.3) is 0 Å². The average Bonchev–Trinajstić information content (AvgIpc) is 3.37. The molecule has 0 unspecified atom stereocenters. The third-order valence-electron chi connectivity index (χ3n) is 6.56. The normalized spacial score (nSPS) is 15.2. The van der Waals surface area contributed by atoms with Gasteiger partial charge in [0, 0.05) is 44.0 Å². The predicted octanol–water partition coefficient (Wildman–Crippen LogP) is 3.98. The second-order valence-electron chi connectivity index (χ2n) is 8.64. The summed E-state index contributed by atoms with van der Waals surface area (Å²) in [6.45, 7) is 3.95. The first kappa shape index (κ1) is 23.0. The van der Waals surface area contributed by atoms with E-state index in [1.807, 2.05) is 53.2 Å². The molecule has 5 rings (SSSR count). The van der Waals surface area contributed by atoms with Crippen LogP contribution in [0.2, 0.25) is 0 Å². The molecule has 0 bridgehead atoms. The van der Waals surface area contributed by atoms with Crippen molar-refractivity contribution in [1.82, 2.24) is 25.1 Å². The minimum atomic E-state index is -0.217. The summed E-state index contributed by atoms with van der Waals surface area (Å²) in [4.78, 5) is 4.69. The largest absolute Gasteiger partial charge is 0.496 e. The van der Waals surface area contributed by atoms with Crippen molar-refractivity contribution in [3.63, 3.8) is 0 Å². The van der Waals surface area contributed by atoms with Gasteiger partial charge in [0.15, 0.2) is 5.82 Å². The first-order valence-electron chi connectivity index (χ1n) is 11.9. The van der Waals surface area contributed by atoms with Gasteiger partial charge in [-0.25, -0.2) is 9.07 Å². The van der Waals surface area contributed by atoms with Crippen molar-refractivity contribution < 1.29 is 9.13 Å². The number of nitrogens with zero attached hydrogens (tertiary/aromatic N) is 6. The van der Waals surface area contributed by atoms with Crippen LogP contribution in [-0.4, -0.2) is 58.4 Å². The van der Waals surface area contributed by atoms with Gasteiger partial charge in [-0.3, -0.25) is 4.90 Å². The highest BCUT2D eigenvalue weighted by atomic mass is 19.1. The molecular weight excluding hydrogens is 443 g/mol. The molecule has 1 aromatic heterocycles. The van der Waals surface area contributed by atoms with Gasteiger partial charge in [0.05, 0.1) is 7.11 Å². The number of piperazine rings is 1. The molecule has 1 atom stereocenters. The number of hydrogen-bond acceptors (Lipinski definition) is 6. The van der Waals surface area contributed by atoms with Crippen LogP contribution < -0.4 is 9.64 Å². The van der Waals surface area contributed by atoms with Crippen LogP contribution >= 0.6 is 0 Å². The quantitative estimate of drug-likeness (QED) is 0.387. The number of para-hydroxylation sites is 1. The number of ether oxygens (including phenoxy) is 1. The highest BCUT2D eigenvalue weighted by molar-refractivity contribution is 5.47. The number of methoxy groups -OCH3 is 1. The number of aryl methyl sites for hydroxylation is 2. The zero-order valence-electron chi connectivity index (χ0n) is 19.8. The van der Waals surface area contributed by atoms with Gasteiger partial charge in [-0.15, -0.1) is 5.10 Å². The highest BCUT2D eigenvalue weighted by Gasteiger charge is 2.32. The molecule has 35 heavy (non-hydrogen) atoms. The van der Waals surface area contributed by atoms with Crippen LogP contribution in [0.1, 0.15) is 23.0 Å². The fraction of sp³-hybridized carbons (Fsp3) is 0.296. The molecule has 0 radical (unpaired) electrons. The van der Waals surface area contributed by atoms with Crippen molar-refractivity contribution in [1.29, 1.82) is 0 Å². The van der Waals surface area contributed by atoms with Crippen LogP contribution in [-0.2, 0) is 13.0 Å². The molecule has 3 aromatic carbocycles. The summed E-state index contributed by atoms with van der Waals surface area (Å²) in [5.41, 5.74) is 3.32. The summed E-state index contributed by atoms with van der Waals surface area (Å²) in [6, 6.07) is 25.0. The van der Waals surface area contributed by atoms with Crippen molar-refractivity contribution in [2.24, 2.45) is 0 Å². The molecule has 180 valence electrons. The van der Waals surface area contributed by atoms with Gasteiger partial charge >= 0.3 is 0 Å². The zero-order chi connectivity index (χ0) is 24.0. The van der Waals surface area contributed by atoms with E-state index in [9.17, 15) is 4.39 Å². The Hall–Kier alpha value is -3.78. The van der Waals surface area contributed by atoms with E-state index in [-0.39, 0.29) is 11.9 Å². The van der Waals surface area contributed by atoms with Crippen LogP contribution in [0.15, 0.2) is 78.9 Å². The Labute approximate surface area is 204 Å². The molecule has 1 saturated heterocycles. The molecule has 7 nitrogen and oxygen atoms in total. The highest BCUT2D eigenvalue weighted by Crippen LogP contribution is 2.34. The molecule has 1 fully saturated rings. The van der Waals surface area contributed by atoms with Crippen LogP contribution in [0.4, 0.5) is 10.1 Å². The van der Waals surface area contributed by atoms with E-state index >= 15 is 0 Å². The van der Waals surface area contributed by atoms with Crippen molar-refractivity contribution in [2.45, 2.75) is 19.0 Å². The number of anilines is 1. The number of rotatable bonds is 8. The Morgan fingerprint density at radius 3 is 2.34 bits per heavy atom. The molecular formula is C27H29FN6O. The van der Waals surface area contributed by atoms with Crippen molar-refractivity contribution in [3.8, 4) is 5.75 Å². The summed E-state index contributed by atoms with van der Waals surface area (Å²) >= 11 is 0. The van der Waals surface area contributed by atoms with Crippen LogP contribution in [0.3, 0.4) is 0 Å². The van der Waals surface area contributed by atoms with Gasteiger partial charge in [0.2, 0.25) is 0 Å². The topological polar surface area (TPSA) is 59.3 Å². The minimum Gasteiger partial charge on any atom is -0.496 e. The first-order valence-corrected chi connectivity index (χ1v) is 11.9. The van der Waals surface area contributed by atoms with Crippen molar-refractivity contribution in [3.05, 3.63) is 102 Å². The fourth-order valence-corrected chi connectivity index (χ4v) is 4.73. The summed E-state index contributed by atoms with van der Waals surface area (Å²) in [7, 11) is 1.70. The maximum atomic E-state index is 13.4. The monoisotopic (exact) mass is 472 g/mol. The van der Waals surface area contributed by atoms with Gasteiger partial charge in [-0.1, -0.05) is 48.5 Å². The van der Waals surface area contributed by atoms with E-state index in [0.29, 0.717) is 6.54 Å². The third kappa shape index (κ3) is 5.17. The third-order valence-corrected chi connectivity index (χ3v) is 6.56. The van der Waals surface area contributed by atoms with E-state index in [4.69, 9.17) is 4.74 Å². The van der Waals surface area contributed by atoms with Gasteiger partial charge < -0.3 is 9.64 Å². The second kappa shape index (κ2) is 10.7. The van der Waals surface area contributed by atoms with Crippen LogP contribution in [0.5, 0.6) is 5.75 Å². The fourth-order valence-electron chi connectivity index (χ4n) is 4.73. The average molecular weight is 473 g/mol. The lowest BCUT2D eigenvalue weighted by atomic mass is 10.0. The zero-order valence-corrected chi connectivity index (χ0v) is 19.8. The molecule has 8 heteroatoms. The molecule has 1 aliphatic heterocycles. The van der Waals surface area contributed by atoms with Gasteiger partial charge in [-0.2, -0.15) is 0 Å². The van der Waals surface area contributed by atoms with E-state index in [2.05, 4.69) is 43.5 Å². The Kier molecular flexibility index (Phi) is 6.99. The van der Waals surface area contributed by atoms with E-state index < -0.39 is 0 Å². The number of tetrazole rings is 1. The molecule has 0 saturated carbocycles. The van der Waals surface area contributed by atoms with Crippen LogP contribution in [0, 0.1) is 5.82 Å². The lowest BCUT2D eigenvalue weighted by Crippen LogP contribution is -2.48. The standard InChI is InChI=1S/C27H29FN6O/c1-35-25-10-6-5-9-24(25)26(27-29-30-31-34(27)16-15-21-7-3-2-4-8-21)33-19-17-32(18-20-33)23-13-11-22(28)12-14-23/h2-14,26H,15-20H2,1H3/t26-/m1/s1. The predicted molar refractivity (Wildman–Crippen MR) is 133 cm³/mol. The number of aromatic nitrogens is 4.